The lowest BCUT2D eigenvalue weighted by Gasteiger charge is -2.11. The summed E-state index contributed by atoms with van der Waals surface area (Å²) >= 11 is 0. The van der Waals surface area contributed by atoms with E-state index in [-0.39, 0.29) is 5.91 Å². The van der Waals surface area contributed by atoms with Gasteiger partial charge in [-0.25, -0.2) is 0 Å². The van der Waals surface area contributed by atoms with Gasteiger partial charge < -0.3 is 14.8 Å². The summed E-state index contributed by atoms with van der Waals surface area (Å²) in [5, 5.41) is 11.9. The van der Waals surface area contributed by atoms with Gasteiger partial charge in [-0.1, -0.05) is 30.3 Å². The van der Waals surface area contributed by atoms with E-state index in [1.54, 1.807) is 54.9 Å². The number of hydrogen-bond donors (Lipinski definition) is 1. The summed E-state index contributed by atoms with van der Waals surface area (Å²) in [6, 6.07) is 27.4. The molecule has 0 aliphatic carbocycles. The molecule has 6 heteroatoms. The molecule has 0 radical (unpaired) electrons. The third-order valence-corrected chi connectivity index (χ3v) is 4.78. The van der Waals surface area contributed by atoms with Gasteiger partial charge in [0.2, 0.25) is 0 Å². The summed E-state index contributed by atoms with van der Waals surface area (Å²) in [6.07, 6.45) is 3.45. The molecular formula is C27H21N3O3. The van der Waals surface area contributed by atoms with Crippen LogP contribution in [0.15, 0.2) is 97.3 Å². The molecule has 1 amide bonds. The maximum absolute atomic E-state index is 12.8. The standard InChI is InChI=1S/C27H21N3O3/c28-16-20-5-1-6-21(13-20)18-32-26-11-3-9-24(15-26)30-27(31)23-8-2-10-25(14-23)33-19-22-7-4-12-29-17-22/h1-15,17H,18-19H2,(H,30,31). The number of nitriles is 1. The van der Waals surface area contributed by atoms with Crippen molar-refractivity contribution in [3.05, 3.63) is 120 Å². The Labute approximate surface area is 192 Å². The first-order valence-corrected chi connectivity index (χ1v) is 10.3. The average molecular weight is 435 g/mol. The molecule has 0 aliphatic heterocycles. The van der Waals surface area contributed by atoms with Gasteiger partial charge in [-0.3, -0.25) is 9.78 Å². The van der Waals surface area contributed by atoms with Crippen LogP contribution in [0, 0.1) is 11.3 Å². The number of nitrogens with zero attached hydrogens (tertiary/aromatic N) is 2. The minimum Gasteiger partial charge on any atom is -0.489 e. The summed E-state index contributed by atoms with van der Waals surface area (Å²) in [6.45, 7) is 0.693. The number of pyridine rings is 1. The van der Waals surface area contributed by atoms with Crippen molar-refractivity contribution in [3.8, 4) is 17.6 Å². The number of anilines is 1. The van der Waals surface area contributed by atoms with Gasteiger partial charge >= 0.3 is 0 Å². The van der Waals surface area contributed by atoms with Crippen LogP contribution >= 0.6 is 0 Å². The molecule has 0 atom stereocenters. The van der Waals surface area contributed by atoms with E-state index in [1.165, 1.54) is 0 Å². The van der Waals surface area contributed by atoms with Crippen LogP contribution in [-0.2, 0) is 13.2 Å². The van der Waals surface area contributed by atoms with Crippen molar-refractivity contribution < 1.29 is 14.3 Å². The van der Waals surface area contributed by atoms with Gasteiger partial charge in [0.25, 0.3) is 5.91 Å². The predicted molar refractivity (Wildman–Crippen MR) is 125 cm³/mol. The predicted octanol–water partition coefficient (Wildman–Crippen LogP) is 5.36. The lowest BCUT2D eigenvalue weighted by Crippen LogP contribution is -2.12. The number of benzene rings is 3. The fourth-order valence-corrected chi connectivity index (χ4v) is 3.14. The molecule has 0 saturated carbocycles. The molecule has 33 heavy (non-hydrogen) atoms. The molecule has 4 rings (SSSR count). The Morgan fingerprint density at radius 2 is 1.58 bits per heavy atom. The first-order valence-electron chi connectivity index (χ1n) is 10.3. The second-order valence-electron chi connectivity index (χ2n) is 7.26. The molecule has 4 aromatic rings. The Balaban J connectivity index is 1.37. The monoisotopic (exact) mass is 435 g/mol. The Hall–Kier alpha value is -4.63. The van der Waals surface area contributed by atoms with Gasteiger partial charge in [-0.15, -0.1) is 0 Å². The van der Waals surface area contributed by atoms with Crippen molar-refractivity contribution in [2.45, 2.75) is 13.2 Å². The highest BCUT2D eigenvalue weighted by atomic mass is 16.5. The number of amides is 1. The molecule has 3 aromatic carbocycles. The van der Waals surface area contributed by atoms with Crippen molar-refractivity contribution in [3.63, 3.8) is 0 Å². The summed E-state index contributed by atoms with van der Waals surface area (Å²) in [5.41, 5.74) is 3.53. The lowest BCUT2D eigenvalue weighted by atomic mass is 10.1. The van der Waals surface area contributed by atoms with Crippen molar-refractivity contribution in [1.82, 2.24) is 4.98 Å². The second-order valence-corrected chi connectivity index (χ2v) is 7.26. The Kier molecular flexibility index (Phi) is 6.94. The lowest BCUT2D eigenvalue weighted by molar-refractivity contribution is 0.102. The number of carbonyl (C=O) groups is 1. The van der Waals surface area contributed by atoms with E-state index in [4.69, 9.17) is 14.7 Å². The smallest absolute Gasteiger partial charge is 0.255 e. The van der Waals surface area contributed by atoms with E-state index in [9.17, 15) is 4.79 Å². The van der Waals surface area contributed by atoms with Gasteiger partial charge in [0, 0.05) is 35.3 Å². The number of rotatable bonds is 8. The maximum Gasteiger partial charge on any atom is 0.255 e. The molecule has 0 saturated heterocycles. The fraction of sp³-hybridized carbons (Fsp3) is 0.0741. The third-order valence-electron chi connectivity index (χ3n) is 4.78. The maximum atomic E-state index is 12.8. The van der Waals surface area contributed by atoms with Crippen LogP contribution in [0.4, 0.5) is 5.69 Å². The van der Waals surface area contributed by atoms with Crippen molar-refractivity contribution in [1.29, 1.82) is 5.26 Å². The van der Waals surface area contributed by atoms with Crippen LogP contribution in [0.3, 0.4) is 0 Å². The Morgan fingerprint density at radius 1 is 0.848 bits per heavy atom. The molecule has 1 heterocycles. The van der Waals surface area contributed by atoms with E-state index in [0.29, 0.717) is 41.5 Å². The Morgan fingerprint density at radius 3 is 2.36 bits per heavy atom. The first-order chi connectivity index (χ1) is 16.2. The van der Waals surface area contributed by atoms with Crippen LogP contribution in [0.5, 0.6) is 11.5 Å². The van der Waals surface area contributed by atoms with Gasteiger partial charge in [0.15, 0.2) is 0 Å². The third kappa shape index (κ3) is 6.18. The topological polar surface area (TPSA) is 84.2 Å². The summed E-state index contributed by atoms with van der Waals surface area (Å²) in [4.78, 5) is 16.8. The van der Waals surface area contributed by atoms with Crippen LogP contribution in [0.2, 0.25) is 0 Å². The quantitative estimate of drug-likeness (QED) is 0.403. The fourth-order valence-electron chi connectivity index (χ4n) is 3.14. The normalized spacial score (nSPS) is 10.2. The highest BCUT2D eigenvalue weighted by Crippen LogP contribution is 2.21. The van der Waals surface area contributed by atoms with E-state index < -0.39 is 0 Å². The van der Waals surface area contributed by atoms with Crippen molar-refractivity contribution >= 4 is 11.6 Å². The minimum absolute atomic E-state index is 0.249. The zero-order valence-electron chi connectivity index (χ0n) is 17.8. The average Bonchev–Trinajstić information content (AvgIpc) is 2.87. The SMILES string of the molecule is N#Cc1cccc(COc2cccc(NC(=O)c3cccc(OCc4cccnc4)c3)c2)c1. The zero-order chi connectivity index (χ0) is 22.9. The highest BCUT2D eigenvalue weighted by molar-refractivity contribution is 6.04. The summed E-state index contributed by atoms with van der Waals surface area (Å²) in [5.74, 6) is 0.965. The van der Waals surface area contributed by atoms with Crippen LogP contribution in [0.25, 0.3) is 0 Å². The number of hydrogen-bond acceptors (Lipinski definition) is 5. The van der Waals surface area contributed by atoms with Gasteiger partial charge in [0.1, 0.15) is 24.7 Å². The first kappa shape index (κ1) is 21.6. The molecule has 0 spiro atoms. The minimum atomic E-state index is -0.249. The molecule has 0 bridgehead atoms. The molecular weight excluding hydrogens is 414 g/mol. The molecule has 162 valence electrons. The number of ether oxygens (including phenoxy) is 2. The van der Waals surface area contributed by atoms with E-state index in [2.05, 4.69) is 16.4 Å². The second kappa shape index (κ2) is 10.6. The van der Waals surface area contributed by atoms with Gasteiger partial charge in [-0.05, 0) is 54.1 Å². The molecule has 6 nitrogen and oxygen atoms in total. The van der Waals surface area contributed by atoms with Crippen LogP contribution < -0.4 is 14.8 Å². The summed E-state index contributed by atoms with van der Waals surface area (Å²) < 4.78 is 11.6. The number of carbonyl (C=O) groups excluding carboxylic acids is 1. The molecule has 1 N–H and O–H groups in total. The van der Waals surface area contributed by atoms with Crippen LogP contribution in [0.1, 0.15) is 27.0 Å². The van der Waals surface area contributed by atoms with E-state index >= 15 is 0 Å². The molecule has 0 aliphatic rings. The van der Waals surface area contributed by atoms with Gasteiger partial charge in [-0.2, -0.15) is 5.26 Å². The highest BCUT2D eigenvalue weighted by Gasteiger charge is 2.09. The molecule has 0 fully saturated rings. The molecule has 0 unspecified atom stereocenters. The molecule has 1 aromatic heterocycles. The van der Waals surface area contributed by atoms with E-state index in [1.807, 2.05) is 42.5 Å². The number of aromatic nitrogens is 1. The number of nitrogens with one attached hydrogen (secondary N) is 1. The zero-order valence-corrected chi connectivity index (χ0v) is 17.8. The summed E-state index contributed by atoms with van der Waals surface area (Å²) in [7, 11) is 0. The largest absolute Gasteiger partial charge is 0.489 e. The van der Waals surface area contributed by atoms with Crippen molar-refractivity contribution in [2.75, 3.05) is 5.32 Å². The van der Waals surface area contributed by atoms with E-state index in [0.717, 1.165) is 11.1 Å². The van der Waals surface area contributed by atoms with Gasteiger partial charge in [0.05, 0.1) is 11.6 Å². The Bertz CT molecular complexity index is 1280. The van der Waals surface area contributed by atoms with Crippen LogP contribution in [-0.4, -0.2) is 10.9 Å². The van der Waals surface area contributed by atoms with Crippen molar-refractivity contribution in [2.24, 2.45) is 0 Å².